The summed E-state index contributed by atoms with van der Waals surface area (Å²) in [5.41, 5.74) is 0.214. The van der Waals surface area contributed by atoms with Crippen molar-refractivity contribution >= 4 is 27.8 Å². The van der Waals surface area contributed by atoms with Gasteiger partial charge in [0.1, 0.15) is 0 Å². The minimum atomic E-state index is -4.65. The number of nitrogens with zero attached hydrogens (tertiary/aromatic N) is 2. The molecular formula is C11H14FN3O5S. The Morgan fingerprint density at radius 3 is 2.95 bits per heavy atom. The molecular weight excluding hydrogens is 305 g/mol. The highest BCUT2D eigenvalue weighted by Crippen LogP contribution is 2.28. The SMILES string of the molecule is CCOC(=O)c1[nH]ncc1N1CC(CS(=O)(=O)F)CC1=O. The maximum absolute atomic E-state index is 12.7. The first-order valence-electron chi connectivity index (χ1n) is 6.25. The molecule has 21 heavy (non-hydrogen) atoms. The Morgan fingerprint density at radius 1 is 1.62 bits per heavy atom. The van der Waals surface area contributed by atoms with Gasteiger partial charge in [0.05, 0.1) is 24.2 Å². The molecule has 1 aromatic heterocycles. The molecule has 0 saturated carbocycles. The number of carbonyl (C=O) groups excluding carboxylic acids is 2. The third-order valence-electron chi connectivity index (χ3n) is 3.03. The molecule has 0 radical (unpaired) electrons. The van der Waals surface area contributed by atoms with E-state index in [1.54, 1.807) is 6.92 Å². The van der Waals surface area contributed by atoms with Crippen molar-refractivity contribution in [3.63, 3.8) is 0 Å². The van der Waals surface area contributed by atoms with E-state index < -0.39 is 33.8 Å². The molecule has 1 aromatic rings. The van der Waals surface area contributed by atoms with Crippen molar-refractivity contribution in [1.29, 1.82) is 0 Å². The van der Waals surface area contributed by atoms with Crippen LogP contribution >= 0.6 is 0 Å². The van der Waals surface area contributed by atoms with Gasteiger partial charge in [-0.1, -0.05) is 0 Å². The molecule has 1 atom stereocenters. The lowest BCUT2D eigenvalue weighted by Gasteiger charge is -2.15. The molecule has 1 fully saturated rings. The van der Waals surface area contributed by atoms with Crippen LogP contribution in [-0.2, 0) is 19.8 Å². The van der Waals surface area contributed by atoms with Crippen LogP contribution in [0.5, 0.6) is 0 Å². The standard InChI is InChI=1S/C11H14FN3O5S/c1-2-20-11(17)10-8(4-13-14-10)15-5-7(3-9(15)16)6-21(12,18)19/h4,7H,2-3,5-6H2,1H3,(H,13,14). The highest BCUT2D eigenvalue weighted by atomic mass is 32.3. The largest absolute Gasteiger partial charge is 0.461 e. The van der Waals surface area contributed by atoms with E-state index in [1.165, 1.54) is 11.1 Å². The molecule has 1 amide bonds. The van der Waals surface area contributed by atoms with Crippen LogP contribution in [-0.4, -0.2) is 49.4 Å². The predicted octanol–water partition coefficient (Wildman–Crippen LogP) is 0.239. The van der Waals surface area contributed by atoms with Gasteiger partial charge in [-0.3, -0.25) is 9.89 Å². The third kappa shape index (κ3) is 3.57. The maximum atomic E-state index is 12.7. The van der Waals surface area contributed by atoms with E-state index in [9.17, 15) is 21.9 Å². The molecule has 1 aliphatic heterocycles. The lowest BCUT2D eigenvalue weighted by molar-refractivity contribution is -0.117. The number of amides is 1. The van der Waals surface area contributed by atoms with Crippen molar-refractivity contribution < 1.29 is 26.6 Å². The summed E-state index contributed by atoms with van der Waals surface area (Å²) in [5.74, 6) is -2.44. The normalized spacial score (nSPS) is 19.0. The summed E-state index contributed by atoms with van der Waals surface area (Å²) in [6.07, 6.45) is 1.17. The predicted molar refractivity (Wildman–Crippen MR) is 69.9 cm³/mol. The van der Waals surface area contributed by atoms with Crippen LogP contribution in [0.4, 0.5) is 9.57 Å². The number of aromatic nitrogens is 2. The Bertz CT molecular complexity index is 657. The number of halogens is 1. The molecule has 0 spiro atoms. The van der Waals surface area contributed by atoms with Gasteiger partial charge in [-0.25, -0.2) is 4.79 Å². The first-order valence-corrected chi connectivity index (χ1v) is 7.80. The van der Waals surface area contributed by atoms with Crippen molar-refractivity contribution in [2.24, 2.45) is 5.92 Å². The zero-order chi connectivity index (χ0) is 15.6. The Labute approximate surface area is 120 Å². The monoisotopic (exact) mass is 319 g/mol. The topological polar surface area (TPSA) is 109 Å². The van der Waals surface area contributed by atoms with E-state index in [2.05, 4.69) is 10.2 Å². The summed E-state index contributed by atoms with van der Waals surface area (Å²) in [5, 5.41) is 6.13. The first kappa shape index (κ1) is 15.4. The van der Waals surface area contributed by atoms with Gasteiger partial charge in [-0.2, -0.15) is 13.5 Å². The fourth-order valence-corrected chi connectivity index (χ4v) is 3.03. The number of ether oxygens (including phenoxy) is 1. The number of nitrogens with one attached hydrogen (secondary N) is 1. The van der Waals surface area contributed by atoms with Crippen LogP contribution in [0.1, 0.15) is 23.8 Å². The number of carbonyl (C=O) groups is 2. The number of anilines is 1. The number of H-pyrrole nitrogens is 1. The van der Waals surface area contributed by atoms with Gasteiger partial charge in [0.25, 0.3) is 0 Å². The van der Waals surface area contributed by atoms with E-state index in [0.29, 0.717) is 0 Å². The second kappa shape index (κ2) is 5.80. The zero-order valence-corrected chi connectivity index (χ0v) is 12.0. The summed E-state index contributed by atoms with van der Waals surface area (Å²) >= 11 is 0. The van der Waals surface area contributed by atoms with Crippen LogP contribution in [0.15, 0.2) is 6.20 Å². The minimum Gasteiger partial charge on any atom is -0.461 e. The van der Waals surface area contributed by atoms with Crippen LogP contribution in [0.2, 0.25) is 0 Å². The van der Waals surface area contributed by atoms with Crippen LogP contribution in [0.25, 0.3) is 0 Å². The zero-order valence-electron chi connectivity index (χ0n) is 11.2. The van der Waals surface area contributed by atoms with Crippen LogP contribution in [0, 0.1) is 5.92 Å². The van der Waals surface area contributed by atoms with E-state index in [-0.39, 0.29) is 31.0 Å². The van der Waals surface area contributed by atoms with E-state index in [4.69, 9.17) is 4.74 Å². The molecule has 1 saturated heterocycles. The van der Waals surface area contributed by atoms with Crippen LogP contribution < -0.4 is 4.90 Å². The quantitative estimate of drug-likeness (QED) is 0.615. The first-order chi connectivity index (χ1) is 9.81. The van der Waals surface area contributed by atoms with Crippen LogP contribution in [0.3, 0.4) is 0 Å². The minimum absolute atomic E-state index is 0.00786. The van der Waals surface area contributed by atoms with Gasteiger partial charge in [-0.05, 0) is 6.92 Å². The van der Waals surface area contributed by atoms with Crippen molar-refractivity contribution in [3.8, 4) is 0 Å². The molecule has 1 N–H and O–H groups in total. The maximum Gasteiger partial charge on any atom is 0.358 e. The molecule has 8 nitrogen and oxygen atoms in total. The summed E-state index contributed by atoms with van der Waals surface area (Å²) in [4.78, 5) is 24.8. The molecule has 116 valence electrons. The highest BCUT2D eigenvalue weighted by molar-refractivity contribution is 7.86. The molecule has 10 heteroatoms. The highest BCUT2D eigenvalue weighted by Gasteiger charge is 2.36. The molecule has 1 unspecified atom stereocenters. The smallest absolute Gasteiger partial charge is 0.358 e. The average molecular weight is 319 g/mol. The van der Waals surface area contributed by atoms with E-state index in [0.717, 1.165) is 0 Å². The number of hydrogen-bond acceptors (Lipinski definition) is 6. The molecule has 2 heterocycles. The van der Waals surface area contributed by atoms with Crippen molar-refractivity contribution in [2.45, 2.75) is 13.3 Å². The van der Waals surface area contributed by atoms with E-state index in [1.807, 2.05) is 0 Å². The molecule has 0 aliphatic carbocycles. The van der Waals surface area contributed by atoms with Gasteiger partial charge in [0.15, 0.2) is 5.69 Å². The number of aromatic amines is 1. The molecule has 2 rings (SSSR count). The van der Waals surface area contributed by atoms with Gasteiger partial charge >= 0.3 is 16.2 Å². The second-order valence-electron chi connectivity index (χ2n) is 4.63. The van der Waals surface area contributed by atoms with Crippen molar-refractivity contribution in [2.75, 3.05) is 23.8 Å². The Balaban J connectivity index is 2.18. The van der Waals surface area contributed by atoms with Gasteiger partial charge < -0.3 is 9.64 Å². The Morgan fingerprint density at radius 2 is 2.33 bits per heavy atom. The summed E-state index contributed by atoms with van der Waals surface area (Å²) in [6, 6.07) is 0. The van der Waals surface area contributed by atoms with Crippen molar-refractivity contribution in [1.82, 2.24) is 10.2 Å². The number of hydrogen-bond donors (Lipinski definition) is 1. The van der Waals surface area contributed by atoms with Gasteiger partial charge in [0, 0.05) is 18.9 Å². The summed E-state index contributed by atoms with van der Waals surface area (Å²) < 4.78 is 38.8. The summed E-state index contributed by atoms with van der Waals surface area (Å²) in [7, 11) is -4.65. The fourth-order valence-electron chi connectivity index (χ4n) is 2.25. The lowest BCUT2D eigenvalue weighted by atomic mass is 10.1. The fraction of sp³-hybridized carbons (Fsp3) is 0.545. The molecule has 0 bridgehead atoms. The number of esters is 1. The Kier molecular flexibility index (Phi) is 4.26. The van der Waals surface area contributed by atoms with Crippen molar-refractivity contribution in [3.05, 3.63) is 11.9 Å². The summed E-state index contributed by atoms with van der Waals surface area (Å²) in [6.45, 7) is 1.80. The van der Waals surface area contributed by atoms with Gasteiger partial charge in [0.2, 0.25) is 5.91 Å². The average Bonchev–Trinajstić information content (AvgIpc) is 2.93. The number of rotatable bonds is 5. The third-order valence-corrected chi connectivity index (χ3v) is 3.90. The molecule has 1 aliphatic rings. The van der Waals surface area contributed by atoms with E-state index >= 15 is 0 Å². The van der Waals surface area contributed by atoms with Gasteiger partial charge in [-0.15, -0.1) is 3.89 Å². The molecule has 0 aromatic carbocycles. The Hall–Kier alpha value is -1.97. The lowest BCUT2D eigenvalue weighted by Crippen LogP contribution is -2.27. The second-order valence-corrected chi connectivity index (χ2v) is 6.04.